The quantitative estimate of drug-likeness (QED) is 0.332. The maximum Gasteiger partial charge on any atom is 0.167 e. The maximum absolute atomic E-state index is 15.0. The van der Waals surface area contributed by atoms with Crippen LogP contribution in [0.2, 0.25) is 0 Å². The first-order chi connectivity index (χ1) is 17.0. The summed E-state index contributed by atoms with van der Waals surface area (Å²) in [6, 6.07) is 17.8. The third kappa shape index (κ3) is 5.83. The van der Waals surface area contributed by atoms with Crippen molar-refractivity contribution in [3.8, 4) is 22.3 Å². The van der Waals surface area contributed by atoms with Crippen molar-refractivity contribution in [2.75, 3.05) is 6.61 Å². The lowest BCUT2D eigenvalue weighted by Crippen LogP contribution is -2.19. The molecule has 3 aromatic carbocycles. The van der Waals surface area contributed by atoms with Crippen molar-refractivity contribution in [1.82, 2.24) is 0 Å². The Balaban J connectivity index is 1.49. The molecule has 1 aliphatic rings. The molecule has 2 unspecified atom stereocenters. The fourth-order valence-electron chi connectivity index (χ4n) is 4.36. The number of halogens is 3. The van der Waals surface area contributed by atoms with Crippen molar-refractivity contribution in [2.45, 2.75) is 32.8 Å². The van der Waals surface area contributed by atoms with Crippen LogP contribution in [0.5, 0.6) is 0 Å². The van der Waals surface area contributed by atoms with E-state index >= 15 is 0 Å². The molecule has 0 bridgehead atoms. The molecule has 0 aliphatic heterocycles. The lowest BCUT2D eigenvalue weighted by Gasteiger charge is -2.22. The van der Waals surface area contributed by atoms with Gasteiger partial charge in [-0.1, -0.05) is 85.0 Å². The van der Waals surface area contributed by atoms with E-state index in [0.717, 1.165) is 17.5 Å². The first-order valence-electron chi connectivity index (χ1n) is 12.0. The van der Waals surface area contributed by atoms with Crippen molar-refractivity contribution < 1.29 is 17.9 Å². The molecule has 180 valence electrons. The van der Waals surface area contributed by atoms with Crippen LogP contribution in [0.3, 0.4) is 0 Å². The monoisotopic (exact) mass is 474 g/mol. The van der Waals surface area contributed by atoms with Crippen molar-refractivity contribution in [1.29, 1.82) is 0 Å². The van der Waals surface area contributed by atoms with Gasteiger partial charge in [-0.25, -0.2) is 13.2 Å². The zero-order valence-corrected chi connectivity index (χ0v) is 20.0. The standard InChI is InChI=1S/C31H29F3O/c1-3-5-21-8-13-24(14-9-21)26-17-18-27(31(34)30(26)33)25-15-10-22(11-16-25)6-7-23-12-19-29(35-4-2)28(32)20-23/h3,5-11,13-18,20,23,29H,4,12,19H2,1-2H3/b5-3+,7-6+. The van der Waals surface area contributed by atoms with Gasteiger partial charge in [0.15, 0.2) is 11.6 Å². The Kier molecular flexibility index (Phi) is 8.04. The highest BCUT2D eigenvalue weighted by Gasteiger charge is 2.22. The van der Waals surface area contributed by atoms with E-state index in [1.54, 1.807) is 42.5 Å². The largest absolute Gasteiger partial charge is 0.371 e. The fourth-order valence-corrected chi connectivity index (χ4v) is 4.36. The highest BCUT2D eigenvalue weighted by Crippen LogP contribution is 2.32. The van der Waals surface area contributed by atoms with Crippen LogP contribution in [0.4, 0.5) is 13.2 Å². The summed E-state index contributed by atoms with van der Waals surface area (Å²) in [5.74, 6) is -1.92. The van der Waals surface area contributed by atoms with Gasteiger partial charge in [0.25, 0.3) is 0 Å². The van der Waals surface area contributed by atoms with Crippen LogP contribution in [0, 0.1) is 17.6 Å². The number of rotatable bonds is 7. The summed E-state index contributed by atoms with van der Waals surface area (Å²) in [7, 11) is 0. The van der Waals surface area contributed by atoms with Gasteiger partial charge in [0.1, 0.15) is 11.9 Å². The molecule has 35 heavy (non-hydrogen) atoms. The van der Waals surface area contributed by atoms with E-state index in [1.165, 1.54) is 0 Å². The van der Waals surface area contributed by atoms with E-state index in [9.17, 15) is 13.2 Å². The summed E-state index contributed by atoms with van der Waals surface area (Å²) < 4.78 is 49.5. The number of benzene rings is 3. The molecule has 4 rings (SSSR count). The Bertz CT molecular complexity index is 1240. The number of allylic oxidation sites excluding steroid dienone is 3. The predicted molar refractivity (Wildman–Crippen MR) is 138 cm³/mol. The minimum Gasteiger partial charge on any atom is -0.371 e. The van der Waals surface area contributed by atoms with E-state index < -0.39 is 17.7 Å². The highest BCUT2D eigenvalue weighted by atomic mass is 19.2. The van der Waals surface area contributed by atoms with E-state index in [1.807, 2.05) is 62.4 Å². The Morgan fingerprint density at radius 2 is 1.31 bits per heavy atom. The van der Waals surface area contributed by atoms with E-state index in [-0.39, 0.29) is 22.9 Å². The minimum atomic E-state index is -0.866. The van der Waals surface area contributed by atoms with Crippen LogP contribution >= 0.6 is 0 Å². The van der Waals surface area contributed by atoms with Gasteiger partial charge in [-0.3, -0.25) is 0 Å². The molecule has 0 saturated carbocycles. The van der Waals surface area contributed by atoms with Gasteiger partial charge in [-0.2, -0.15) is 0 Å². The predicted octanol–water partition coefficient (Wildman–Crippen LogP) is 9.01. The van der Waals surface area contributed by atoms with Crippen LogP contribution in [-0.2, 0) is 4.74 Å². The summed E-state index contributed by atoms with van der Waals surface area (Å²) in [5, 5.41) is 0. The normalized spacial score (nSPS) is 18.4. The molecule has 2 atom stereocenters. The average Bonchev–Trinajstić information content (AvgIpc) is 2.87. The van der Waals surface area contributed by atoms with Crippen molar-refractivity contribution in [2.24, 2.45) is 5.92 Å². The van der Waals surface area contributed by atoms with Gasteiger partial charge >= 0.3 is 0 Å². The Hall–Kier alpha value is -3.37. The zero-order valence-electron chi connectivity index (χ0n) is 20.0. The van der Waals surface area contributed by atoms with Gasteiger partial charge in [-0.15, -0.1) is 0 Å². The number of hydrogen-bond acceptors (Lipinski definition) is 1. The lowest BCUT2D eigenvalue weighted by atomic mass is 9.92. The molecule has 0 N–H and O–H groups in total. The van der Waals surface area contributed by atoms with Gasteiger partial charge in [0.2, 0.25) is 0 Å². The van der Waals surface area contributed by atoms with Gasteiger partial charge < -0.3 is 4.74 Å². The molecule has 1 aliphatic carbocycles. The number of hydrogen-bond donors (Lipinski definition) is 0. The summed E-state index contributed by atoms with van der Waals surface area (Å²) in [4.78, 5) is 0. The summed E-state index contributed by atoms with van der Waals surface area (Å²) in [6.07, 6.45) is 10.4. The first-order valence-corrected chi connectivity index (χ1v) is 12.0. The van der Waals surface area contributed by atoms with Crippen molar-refractivity contribution >= 4 is 12.2 Å². The van der Waals surface area contributed by atoms with Crippen LogP contribution in [0.15, 0.2) is 84.7 Å². The molecule has 0 fully saturated rings. The highest BCUT2D eigenvalue weighted by molar-refractivity contribution is 5.73. The molecule has 0 amide bonds. The topological polar surface area (TPSA) is 9.23 Å². The SMILES string of the molecule is C/C=C/c1ccc(-c2ccc(-c3ccc(/C=C/C4C=C(F)C(OCC)CC4)cc3)c(F)c2F)cc1. The van der Waals surface area contributed by atoms with E-state index in [2.05, 4.69) is 0 Å². The minimum absolute atomic E-state index is 0.0116. The molecule has 4 heteroatoms. The molecule has 0 saturated heterocycles. The molecule has 0 aromatic heterocycles. The Morgan fingerprint density at radius 1 is 0.771 bits per heavy atom. The smallest absolute Gasteiger partial charge is 0.167 e. The maximum atomic E-state index is 15.0. The Morgan fingerprint density at radius 3 is 1.80 bits per heavy atom. The summed E-state index contributed by atoms with van der Waals surface area (Å²) in [6.45, 7) is 4.29. The second kappa shape index (κ2) is 11.4. The zero-order chi connectivity index (χ0) is 24.8. The molecule has 0 spiro atoms. The first kappa shape index (κ1) is 24.7. The van der Waals surface area contributed by atoms with Gasteiger partial charge in [0, 0.05) is 17.7 Å². The lowest BCUT2D eigenvalue weighted by molar-refractivity contribution is 0.0582. The van der Waals surface area contributed by atoms with Crippen LogP contribution in [-0.4, -0.2) is 12.7 Å². The van der Waals surface area contributed by atoms with E-state index in [0.29, 0.717) is 24.2 Å². The number of ether oxygens (including phenoxy) is 1. The Labute approximate surface area is 205 Å². The summed E-state index contributed by atoms with van der Waals surface area (Å²) in [5.41, 5.74) is 3.58. The average molecular weight is 475 g/mol. The van der Waals surface area contributed by atoms with Crippen LogP contribution < -0.4 is 0 Å². The summed E-state index contributed by atoms with van der Waals surface area (Å²) >= 11 is 0. The van der Waals surface area contributed by atoms with Gasteiger partial charge in [-0.05, 0) is 60.9 Å². The third-order valence-electron chi connectivity index (χ3n) is 6.23. The second-order valence-electron chi connectivity index (χ2n) is 8.63. The third-order valence-corrected chi connectivity index (χ3v) is 6.23. The van der Waals surface area contributed by atoms with Crippen molar-refractivity contribution in [3.63, 3.8) is 0 Å². The van der Waals surface area contributed by atoms with Gasteiger partial charge in [0.05, 0.1) is 0 Å². The van der Waals surface area contributed by atoms with Crippen LogP contribution in [0.25, 0.3) is 34.4 Å². The molecule has 1 nitrogen and oxygen atoms in total. The van der Waals surface area contributed by atoms with Crippen LogP contribution in [0.1, 0.15) is 37.8 Å². The molecule has 0 radical (unpaired) electrons. The molecule has 0 heterocycles. The molecular weight excluding hydrogens is 445 g/mol. The second-order valence-corrected chi connectivity index (χ2v) is 8.63. The fraction of sp³-hybridized carbons (Fsp3) is 0.226. The van der Waals surface area contributed by atoms with Crippen molar-refractivity contribution in [3.05, 3.63) is 107 Å². The molecular formula is C31H29F3O. The molecule has 3 aromatic rings. The van der Waals surface area contributed by atoms with E-state index in [4.69, 9.17) is 4.74 Å².